The van der Waals surface area contributed by atoms with Crippen molar-refractivity contribution in [2.45, 2.75) is 51.5 Å². The Morgan fingerprint density at radius 2 is 1.70 bits per heavy atom. The van der Waals surface area contributed by atoms with Crippen molar-refractivity contribution in [2.24, 2.45) is 28.8 Å². The molecule has 4 fully saturated rings. The van der Waals surface area contributed by atoms with Gasteiger partial charge in [0.2, 0.25) is 5.91 Å². The minimum Gasteiger partial charge on any atom is -0.497 e. The van der Waals surface area contributed by atoms with Crippen molar-refractivity contribution >= 4 is 17.5 Å². The van der Waals surface area contributed by atoms with Crippen molar-refractivity contribution in [1.29, 1.82) is 0 Å². The van der Waals surface area contributed by atoms with Crippen LogP contribution in [0.4, 0.5) is 0 Å². The topological polar surface area (TPSA) is 89.0 Å². The number of carbonyl (C=O) groups excluding carboxylic acids is 2. The van der Waals surface area contributed by atoms with E-state index in [1.54, 1.807) is 32.2 Å². The van der Waals surface area contributed by atoms with Gasteiger partial charge in [-0.1, -0.05) is 0 Å². The van der Waals surface area contributed by atoms with Crippen molar-refractivity contribution in [3.05, 3.63) is 23.8 Å². The second kappa shape index (κ2) is 8.66. The highest BCUT2D eigenvalue weighted by atomic mass is 16.5. The number of ether oxygens (including phenoxy) is 2. The Morgan fingerprint density at radius 1 is 1.03 bits per heavy atom. The summed E-state index contributed by atoms with van der Waals surface area (Å²) in [7, 11) is 3.05. The first-order chi connectivity index (χ1) is 14.5. The number of benzene rings is 1. The molecule has 4 saturated carbocycles. The third kappa shape index (κ3) is 4.30. The predicted octanol–water partition coefficient (Wildman–Crippen LogP) is 3.14. The maximum Gasteiger partial charge on any atom is 0.275 e. The molecular formula is C23H31N3O4. The lowest BCUT2D eigenvalue weighted by Crippen LogP contribution is -2.56. The minimum absolute atomic E-state index is 0.00926. The summed E-state index contributed by atoms with van der Waals surface area (Å²) < 4.78 is 10.4. The Kier molecular flexibility index (Phi) is 5.97. The van der Waals surface area contributed by atoms with Gasteiger partial charge in [0.15, 0.2) is 0 Å². The number of nitrogens with zero attached hydrogens (tertiary/aromatic N) is 1. The summed E-state index contributed by atoms with van der Waals surface area (Å²) in [6, 6.07) is 5.27. The summed E-state index contributed by atoms with van der Waals surface area (Å²) in [5.74, 6) is 3.65. The molecule has 0 saturated heterocycles. The molecule has 7 nitrogen and oxygen atoms in total. The second-order valence-electron chi connectivity index (χ2n) is 9.06. The van der Waals surface area contributed by atoms with E-state index in [0.717, 1.165) is 11.8 Å². The van der Waals surface area contributed by atoms with Crippen LogP contribution in [0.1, 0.15) is 55.8 Å². The first kappa shape index (κ1) is 20.7. The Labute approximate surface area is 177 Å². The van der Waals surface area contributed by atoms with Gasteiger partial charge in [-0.2, -0.15) is 5.10 Å². The highest BCUT2D eigenvalue weighted by Crippen LogP contribution is 2.53. The van der Waals surface area contributed by atoms with E-state index in [-0.39, 0.29) is 12.3 Å². The molecule has 4 aliphatic carbocycles. The number of hydrogen-bond acceptors (Lipinski definition) is 5. The van der Waals surface area contributed by atoms with E-state index < -0.39 is 5.91 Å². The molecule has 0 spiro atoms. The van der Waals surface area contributed by atoms with Gasteiger partial charge in [-0.25, -0.2) is 5.43 Å². The summed E-state index contributed by atoms with van der Waals surface area (Å²) in [6.07, 6.45) is 6.66. The monoisotopic (exact) mass is 413 g/mol. The maximum absolute atomic E-state index is 12.6. The van der Waals surface area contributed by atoms with Crippen LogP contribution in [0, 0.1) is 23.7 Å². The highest BCUT2D eigenvalue weighted by Gasteiger charge is 2.48. The van der Waals surface area contributed by atoms with Crippen molar-refractivity contribution in [1.82, 2.24) is 10.7 Å². The van der Waals surface area contributed by atoms with Gasteiger partial charge in [-0.15, -0.1) is 0 Å². The van der Waals surface area contributed by atoms with Gasteiger partial charge in [-0.3, -0.25) is 9.59 Å². The SMILES string of the molecule is COc1ccc(C(=O)NN=C(C)CC(=O)NC2C3CC4CC(C3)CC2C4)c(OC)c1. The third-order valence-corrected chi connectivity index (χ3v) is 6.97. The van der Waals surface area contributed by atoms with Gasteiger partial charge in [0.05, 0.1) is 26.2 Å². The molecule has 0 atom stereocenters. The molecule has 0 aliphatic heterocycles. The molecule has 0 radical (unpaired) electrons. The first-order valence-corrected chi connectivity index (χ1v) is 10.8. The average Bonchev–Trinajstić information content (AvgIpc) is 2.73. The Balaban J connectivity index is 1.31. The van der Waals surface area contributed by atoms with Crippen LogP contribution in [0.25, 0.3) is 0 Å². The zero-order valence-electron chi connectivity index (χ0n) is 17.9. The first-order valence-electron chi connectivity index (χ1n) is 10.8. The fourth-order valence-corrected chi connectivity index (χ4v) is 5.86. The van der Waals surface area contributed by atoms with Crippen molar-refractivity contribution in [3.63, 3.8) is 0 Å². The fraction of sp³-hybridized carbons (Fsp3) is 0.609. The van der Waals surface area contributed by atoms with Gasteiger partial charge in [0.1, 0.15) is 11.5 Å². The number of hydrogen-bond donors (Lipinski definition) is 2. The fourth-order valence-electron chi connectivity index (χ4n) is 5.86. The molecular weight excluding hydrogens is 382 g/mol. The largest absolute Gasteiger partial charge is 0.497 e. The molecule has 162 valence electrons. The third-order valence-electron chi connectivity index (χ3n) is 6.97. The quantitative estimate of drug-likeness (QED) is 0.531. The molecule has 2 N–H and O–H groups in total. The van der Waals surface area contributed by atoms with E-state index in [1.165, 1.54) is 39.2 Å². The highest BCUT2D eigenvalue weighted by molar-refractivity contribution is 6.02. The number of carbonyl (C=O) groups is 2. The second-order valence-corrected chi connectivity index (χ2v) is 9.06. The predicted molar refractivity (Wildman–Crippen MR) is 114 cm³/mol. The van der Waals surface area contributed by atoms with Crippen LogP contribution in [0.15, 0.2) is 23.3 Å². The summed E-state index contributed by atoms with van der Waals surface area (Å²) in [6.45, 7) is 1.75. The van der Waals surface area contributed by atoms with Gasteiger partial charge in [-0.05, 0) is 74.8 Å². The van der Waals surface area contributed by atoms with Crippen molar-refractivity contribution in [3.8, 4) is 11.5 Å². The van der Waals surface area contributed by atoms with Crippen LogP contribution in [0.5, 0.6) is 11.5 Å². The molecule has 4 aliphatic rings. The zero-order valence-corrected chi connectivity index (χ0v) is 17.9. The lowest BCUT2D eigenvalue weighted by atomic mass is 9.54. The van der Waals surface area contributed by atoms with Crippen LogP contribution in [-0.2, 0) is 4.79 Å². The van der Waals surface area contributed by atoms with E-state index in [1.807, 2.05) is 0 Å². The normalized spacial score (nSPS) is 29.4. The lowest BCUT2D eigenvalue weighted by Gasteiger charge is -2.54. The Bertz CT molecular complexity index is 823. The molecule has 5 rings (SSSR count). The van der Waals surface area contributed by atoms with E-state index >= 15 is 0 Å². The molecule has 0 unspecified atom stereocenters. The number of hydrazone groups is 1. The molecule has 4 bridgehead atoms. The van der Waals surface area contributed by atoms with Crippen LogP contribution < -0.4 is 20.2 Å². The van der Waals surface area contributed by atoms with Crippen molar-refractivity contribution < 1.29 is 19.1 Å². The number of amides is 2. The van der Waals surface area contributed by atoms with Crippen LogP contribution in [0.3, 0.4) is 0 Å². The summed E-state index contributed by atoms with van der Waals surface area (Å²) in [4.78, 5) is 25.1. The lowest BCUT2D eigenvalue weighted by molar-refractivity contribution is -0.123. The maximum atomic E-state index is 12.6. The molecule has 0 aromatic heterocycles. The van der Waals surface area contributed by atoms with Gasteiger partial charge >= 0.3 is 0 Å². The minimum atomic E-state index is -0.393. The number of nitrogens with one attached hydrogen (secondary N) is 2. The molecule has 0 heterocycles. The van der Waals surface area contributed by atoms with E-state index in [2.05, 4.69) is 15.8 Å². The van der Waals surface area contributed by atoms with E-state index in [4.69, 9.17) is 9.47 Å². The molecule has 1 aromatic rings. The van der Waals surface area contributed by atoms with Crippen LogP contribution in [-0.4, -0.2) is 37.8 Å². The summed E-state index contributed by atoms with van der Waals surface area (Å²) in [5.41, 5.74) is 3.44. The standard InChI is InChI=1S/C23H31N3O4/c1-13(25-26-23(28)19-5-4-18(29-2)12-20(19)30-3)6-21(27)24-22-16-8-14-7-15(10-16)11-17(22)9-14/h4-5,12,14-17,22H,6-11H2,1-3H3,(H,24,27)(H,26,28). The number of rotatable bonds is 7. The van der Waals surface area contributed by atoms with Gasteiger partial charge < -0.3 is 14.8 Å². The average molecular weight is 414 g/mol. The number of methoxy groups -OCH3 is 2. The Hall–Kier alpha value is -2.57. The van der Waals surface area contributed by atoms with Crippen LogP contribution in [0.2, 0.25) is 0 Å². The van der Waals surface area contributed by atoms with Gasteiger partial charge in [0, 0.05) is 17.8 Å². The molecule has 30 heavy (non-hydrogen) atoms. The summed E-state index contributed by atoms with van der Waals surface area (Å²) in [5, 5.41) is 7.39. The summed E-state index contributed by atoms with van der Waals surface area (Å²) >= 11 is 0. The van der Waals surface area contributed by atoms with Crippen LogP contribution >= 0.6 is 0 Å². The zero-order chi connectivity index (χ0) is 21.3. The Morgan fingerprint density at radius 3 is 2.30 bits per heavy atom. The molecule has 7 heteroatoms. The van der Waals surface area contributed by atoms with Crippen molar-refractivity contribution in [2.75, 3.05) is 14.2 Å². The van der Waals surface area contributed by atoms with E-state index in [0.29, 0.717) is 40.7 Å². The van der Waals surface area contributed by atoms with Gasteiger partial charge in [0.25, 0.3) is 5.91 Å². The smallest absolute Gasteiger partial charge is 0.275 e. The van der Waals surface area contributed by atoms with E-state index in [9.17, 15) is 9.59 Å². The molecule has 2 amide bonds. The molecule has 1 aromatic carbocycles.